The molecule has 8 nitrogen and oxygen atoms in total. The van der Waals surface area contributed by atoms with Crippen LogP contribution in [0.4, 0.5) is 0 Å². The summed E-state index contributed by atoms with van der Waals surface area (Å²) in [6, 6.07) is 6.57. The Morgan fingerprint density at radius 1 is 1.18 bits per heavy atom. The molecule has 3 heterocycles. The van der Waals surface area contributed by atoms with Crippen LogP contribution in [0, 0.1) is 0 Å². The second-order valence-electron chi connectivity index (χ2n) is 7.17. The minimum absolute atomic E-state index is 0.361. The van der Waals surface area contributed by atoms with E-state index in [2.05, 4.69) is 5.10 Å². The molecule has 1 aliphatic carbocycles. The van der Waals surface area contributed by atoms with Crippen molar-refractivity contribution >= 4 is 17.6 Å². The molecule has 2 aromatic rings. The molecule has 1 atom stereocenters. The molecule has 0 radical (unpaired) electrons. The molecule has 2 aliphatic rings. The largest absolute Gasteiger partial charge is 0.467 e. The molecule has 0 spiro atoms. The molecule has 4 rings (SSSR count). The summed E-state index contributed by atoms with van der Waals surface area (Å²) in [4.78, 5) is 25.0. The number of aliphatic hydroxyl groups is 1. The monoisotopic (exact) mass is 386 g/mol. The van der Waals surface area contributed by atoms with Gasteiger partial charge in [-0.3, -0.25) is 4.79 Å². The van der Waals surface area contributed by atoms with Crippen LogP contribution >= 0.6 is 0 Å². The third-order valence-electron chi connectivity index (χ3n) is 5.23. The molecule has 8 heteroatoms. The van der Waals surface area contributed by atoms with Gasteiger partial charge in [0.15, 0.2) is 12.2 Å². The summed E-state index contributed by atoms with van der Waals surface area (Å²) in [5.41, 5.74) is -0.885. The summed E-state index contributed by atoms with van der Waals surface area (Å²) >= 11 is 0. The van der Waals surface area contributed by atoms with E-state index in [9.17, 15) is 14.7 Å². The van der Waals surface area contributed by atoms with Crippen molar-refractivity contribution in [2.45, 2.75) is 50.2 Å². The van der Waals surface area contributed by atoms with Gasteiger partial charge >= 0.3 is 5.97 Å². The van der Waals surface area contributed by atoms with Crippen LogP contribution in [0.1, 0.15) is 56.1 Å². The van der Waals surface area contributed by atoms with Gasteiger partial charge in [0.05, 0.1) is 12.5 Å². The van der Waals surface area contributed by atoms with E-state index < -0.39 is 30.1 Å². The highest BCUT2D eigenvalue weighted by molar-refractivity contribution is 6.01. The number of hydrogen-bond acceptors (Lipinski definition) is 7. The smallest absolute Gasteiger partial charge is 0.338 e. The van der Waals surface area contributed by atoms with Crippen LogP contribution in [0.25, 0.3) is 0 Å². The van der Waals surface area contributed by atoms with Crippen molar-refractivity contribution in [3.63, 3.8) is 0 Å². The topological polar surface area (TPSA) is 105 Å². The molecule has 1 amide bonds. The normalized spacial score (nSPS) is 21.4. The zero-order valence-corrected chi connectivity index (χ0v) is 15.4. The number of furan rings is 2. The zero-order valence-electron chi connectivity index (χ0n) is 15.4. The Morgan fingerprint density at radius 2 is 1.93 bits per heavy atom. The molecule has 28 heavy (non-hydrogen) atoms. The summed E-state index contributed by atoms with van der Waals surface area (Å²) in [5, 5.41) is 16.1. The zero-order chi connectivity index (χ0) is 19.6. The summed E-state index contributed by atoms with van der Waals surface area (Å²) in [7, 11) is 0. The Kier molecular flexibility index (Phi) is 5.04. The molecule has 1 saturated carbocycles. The molecule has 0 saturated heterocycles. The predicted molar refractivity (Wildman–Crippen MR) is 97.2 cm³/mol. The fraction of sp³-hybridized carbons (Fsp3) is 0.450. The van der Waals surface area contributed by atoms with Gasteiger partial charge in [-0.05, 0) is 49.9 Å². The lowest BCUT2D eigenvalue weighted by atomic mass is 9.85. The first-order chi connectivity index (χ1) is 13.6. The number of carbonyl (C=O) groups excluding carboxylic acids is 2. The lowest BCUT2D eigenvalue weighted by molar-refractivity contribution is -0.172. The van der Waals surface area contributed by atoms with Gasteiger partial charge in [-0.1, -0.05) is 6.42 Å². The molecule has 0 aromatic carbocycles. The summed E-state index contributed by atoms with van der Waals surface area (Å²) in [6.07, 6.45) is 6.73. The maximum atomic E-state index is 12.7. The summed E-state index contributed by atoms with van der Waals surface area (Å²) in [5.74, 6) is -0.0866. The van der Waals surface area contributed by atoms with Crippen LogP contribution in [0.15, 0.2) is 50.7 Å². The fourth-order valence-corrected chi connectivity index (χ4v) is 3.70. The minimum atomic E-state index is -1.49. The van der Waals surface area contributed by atoms with E-state index in [4.69, 9.17) is 13.6 Å². The molecule has 1 aliphatic heterocycles. The average molecular weight is 386 g/mol. The number of amides is 1. The highest BCUT2D eigenvalue weighted by Crippen LogP contribution is 2.33. The van der Waals surface area contributed by atoms with Gasteiger partial charge in [0.1, 0.15) is 23.3 Å². The Morgan fingerprint density at radius 3 is 2.61 bits per heavy atom. The lowest BCUT2D eigenvalue weighted by Gasteiger charge is -2.29. The van der Waals surface area contributed by atoms with Gasteiger partial charge in [0, 0.05) is 6.42 Å². The Labute approximate surface area is 161 Å². The van der Waals surface area contributed by atoms with E-state index >= 15 is 0 Å². The number of nitrogens with zero attached hydrogens (tertiary/aromatic N) is 2. The molecule has 148 valence electrons. The lowest BCUT2D eigenvalue weighted by Crippen LogP contribution is -2.43. The SMILES string of the molecule is O=C(COC(=O)C1(O)CCCCC1)N1N=C(c2ccco2)CC1c1ccco1. The number of carbonyl (C=O) groups is 2. The number of ether oxygens (including phenoxy) is 1. The molecular formula is C20H22N2O6. The molecular weight excluding hydrogens is 364 g/mol. The summed E-state index contributed by atoms with van der Waals surface area (Å²) in [6.45, 7) is -0.493. The highest BCUT2D eigenvalue weighted by atomic mass is 16.6. The highest BCUT2D eigenvalue weighted by Gasteiger charge is 2.40. The molecule has 0 bridgehead atoms. The predicted octanol–water partition coefficient (Wildman–Crippen LogP) is 2.79. The van der Waals surface area contributed by atoms with E-state index in [0.29, 0.717) is 36.5 Å². The van der Waals surface area contributed by atoms with Crippen molar-refractivity contribution in [3.05, 3.63) is 48.3 Å². The maximum Gasteiger partial charge on any atom is 0.338 e. The molecule has 2 aromatic heterocycles. The minimum Gasteiger partial charge on any atom is -0.467 e. The van der Waals surface area contributed by atoms with Crippen LogP contribution in [0.5, 0.6) is 0 Å². The number of hydrogen-bond donors (Lipinski definition) is 1. The van der Waals surface area contributed by atoms with Crippen molar-refractivity contribution in [1.82, 2.24) is 5.01 Å². The maximum absolute atomic E-state index is 12.7. The van der Waals surface area contributed by atoms with Crippen molar-refractivity contribution in [1.29, 1.82) is 0 Å². The third-order valence-corrected chi connectivity index (χ3v) is 5.23. The van der Waals surface area contributed by atoms with Gasteiger partial charge in [0.25, 0.3) is 5.91 Å². The van der Waals surface area contributed by atoms with Crippen molar-refractivity contribution < 1.29 is 28.3 Å². The Bertz CT molecular complexity index is 849. The first-order valence-corrected chi connectivity index (χ1v) is 9.43. The van der Waals surface area contributed by atoms with Crippen LogP contribution in [-0.2, 0) is 14.3 Å². The molecule has 1 unspecified atom stereocenters. The Balaban J connectivity index is 1.46. The standard InChI is InChI=1S/C20H22N2O6/c23-18(13-28-19(24)20(25)8-2-1-3-9-20)22-15(17-7-5-11-27-17)12-14(21-22)16-6-4-10-26-16/h4-7,10-11,15,25H,1-3,8-9,12-13H2. The second kappa shape index (κ2) is 7.63. The molecule has 1 N–H and O–H groups in total. The number of rotatable bonds is 5. The third kappa shape index (κ3) is 3.60. The van der Waals surface area contributed by atoms with E-state index in [1.54, 1.807) is 24.3 Å². The summed E-state index contributed by atoms with van der Waals surface area (Å²) < 4.78 is 16.0. The van der Waals surface area contributed by atoms with E-state index in [0.717, 1.165) is 19.3 Å². The van der Waals surface area contributed by atoms with Gasteiger partial charge in [-0.2, -0.15) is 5.10 Å². The first kappa shape index (κ1) is 18.5. The second-order valence-corrected chi connectivity index (χ2v) is 7.17. The van der Waals surface area contributed by atoms with Crippen molar-refractivity contribution in [2.24, 2.45) is 5.10 Å². The number of hydrazone groups is 1. The Hall–Kier alpha value is -2.87. The van der Waals surface area contributed by atoms with Crippen LogP contribution in [0.2, 0.25) is 0 Å². The van der Waals surface area contributed by atoms with Gasteiger partial charge < -0.3 is 18.7 Å². The van der Waals surface area contributed by atoms with Crippen molar-refractivity contribution in [3.8, 4) is 0 Å². The first-order valence-electron chi connectivity index (χ1n) is 9.43. The number of esters is 1. The quantitative estimate of drug-likeness (QED) is 0.792. The fourth-order valence-electron chi connectivity index (χ4n) is 3.70. The average Bonchev–Trinajstić information content (AvgIpc) is 3.46. The van der Waals surface area contributed by atoms with Crippen LogP contribution in [-0.4, -0.2) is 39.9 Å². The molecule has 1 fully saturated rings. The van der Waals surface area contributed by atoms with Crippen LogP contribution in [0.3, 0.4) is 0 Å². The van der Waals surface area contributed by atoms with Crippen LogP contribution < -0.4 is 0 Å². The van der Waals surface area contributed by atoms with Gasteiger partial charge in [0.2, 0.25) is 0 Å². The van der Waals surface area contributed by atoms with Crippen molar-refractivity contribution in [2.75, 3.05) is 6.61 Å². The van der Waals surface area contributed by atoms with Gasteiger partial charge in [-0.15, -0.1) is 0 Å². The van der Waals surface area contributed by atoms with Gasteiger partial charge in [-0.25, -0.2) is 9.80 Å². The van der Waals surface area contributed by atoms with E-state index in [1.807, 2.05) is 0 Å². The van der Waals surface area contributed by atoms with E-state index in [1.165, 1.54) is 17.5 Å². The van der Waals surface area contributed by atoms with E-state index in [-0.39, 0.29) is 0 Å².